The minimum absolute atomic E-state index is 0.0347. The Labute approximate surface area is 189 Å². The summed E-state index contributed by atoms with van der Waals surface area (Å²) in [6, 6.07) is 6.99. The zero-order chi connectivity index (χ0) is 23.1. The maximum atomic E-state index is 12.9. The summed E-state index contributed by atoms with van der Waals surface area (Å²) in [6.07, 6.45) is 2.63. The normalized spacial score (nSPS) is 21.7. The molecule has 0 radical (unpaired) electrons. The molecule has 1 amide bonds. The number of carbonyl (C=O) groups is 1. The topological polar surface area (TPSA) is 104 Å². The molecule has 1 aromatic heterocycles. The summed E-state index contributed by atoms with van der Waals surface area (Å²) in [5.74, 6) is 0.329. The molecule has 9 heteroatoms. The Balaban J connectivity index is 1.77. The van der Waals surface area contributed by atoms with Crippen LogP contribution in [0.3, 0.4) is 0 Å². The molecule has 1 aliphatic rings. The fourth-order valence-electron chi connectivity index (χ4n) is 4.08. The van der Waals surface area contributed by atoms with Crippen molar-refractivity contribution < 1.29 is 19.7 Å². The van der Waals surface area contributed by atoms with E-state index in [0.29, 0.717) is 45.6 Å². The van der Waals surface area contributed by atoms with Crippen LogP contribution < -0.4 is 0 Å². The van der Waals surface area contributed by atoms with Gasteiger partial charge in [0.05, 0.1) is 37.3 Å². The van der Waals surface area contributed by atoms with Crippen molar-refractivity contribution in [2.24, 2.45) is 5.92 Å². The van der Waals surface area contributed by atoms with Crippen LogP contribution in [0.4, 0.5) is 0 Å². The Bertz CT molecular complexity index is 874. The van der Waals surface area contributed by atoms with Gasteiger partial charge in [0, 0.05) is 38.5 Å². The number of rotatable bonds is 6. The Morgan fingerprint density at radius 3 is 2.94 bits per heavy atom. The zero-order valence-electron chi connectivity index (χ0n) is 19.2. The first-order valence-electron chi connectivity index (χ1n) is 11.2. The molecule has 3 atom stereocenters. The standard InChI is InChI=1S/C23H35N5O4/c1-17-12-27(18(2)15-29)23(31)8-5-9-28-20(11-24-25-28)16-32-22(17)14-26(3)13-19-6-4-7-21(30)10-19/h4,6-7,10-11,17-18,22,29-30H,5,8-9,12-16H2,1-3H3/t17-,18-,22+/m1/s1. The van der Waals surface area contributed by atoms with Gasteiger partial charge in [-0.3, -0.25) is 9.69 Å². The van der Waals surface area contributed by atoms with Gasteiger partial charge in [0.25, 0.3) is 0 Å². The molecule has 1 aromatic carbocycles. The maximum absolute atomic E-state index is 12.9. The summed E-state index contributed by atoms with van der Waals surface area (Å²) >= 11 is 0. The highest BCUT2D eigenvalue weighted by Gasteiger charge is 2.28. The number of carbonyl (C=O) groups excluding carboxylic acids is 1. The van der Waals surface area contributed by atoms with E-state index in [-0.39, 0.29) is 36.3 Å². The Morgan fingerprint density at radius 2 is 2.19 bits per heavy atom. The van der Waals surface area contributed by atoms with Crippen molar-refractivity contribution in [3.8, 4) is 5.75 Å². The molecule has 176 valence electrons. The summed E-state index contributed by atoms with van der Waals surface area (Å²) in [4.78, 5) is 16.9. The van der Waals surface area contributed by atoms with Gasteiger partial charge in [-0.2, -0.15) is 0 Å². The van der Waals surface area contributed by atoms with E-state index in [1.54, 1.807) is 27.9 Å². The predicted octanol–water partition coefficient (Wildman–Crippen LogP) is 1.64. The second kappa shape index (κ2) is 11.4. The molecule has 0 saturated carbocycles. The monoisotopic (exact) mass is 445 g/mol. The quantitative estimate of drug-likeness (QED) is 0.697. The van der Waals surface area contributed by atoms with E-state index in [0.717, 1.165) is 11.3 Å². The summed E-state index contributed by atoms with van der Waals surface area (Å²) < 4.78 is 8.15. The average molecular weight is 446 g/mol. The number of aliphatic hydroxyl groups is 1. The number of aromatic nitrogens is 3. The molecule has 0 bridgehead atoms. The van der Waals surface area contributed by atoms with Crippen molar-refractivity contribution >= 4 is 5.91 Å². The second-order valence-electron chi connectivity index (χ2n) is 8.82. The molecule has 0 saturated heterocycles. The van der Waals surface area contributed by atoms with Crippen molar-refractivity contribution in [1.29, 1.82) is 0 Å². The summed E-state index contributed by atoms with van der Waals surface area (Å²) in [6.45, 7) is 6.70. The molecule has 2 heterocycles. The predicted molar refractivity (Wildman–Crippen MR) is 120 cm³/mol. The molecular weight excluding hydrogens is 410 g/mol. The van der Waals surface area contributed by atoms with E-state index in [1.165, 1.54) is 0 Å². The summed E-state index contributed by atoms with van der Waals surface area (Å²) in [5.41, 5.74) is 1.91. The molecule has 32 heavy (non-hydrogen) atoms. The number of fused-ring (bicyclic) bond motifs is 1. The molecule has 2 aromatic rings. The Kier molecular flexibility index (Phi) is 8.60. The van der Waals surface area contributed by atoms with Gasteiger partial charge in [-0.15, -0.1) is 5.10 Å². The van der Waals surface area contributed by atoms with E-state index < -0.39 is 0 Å². The first kappa shape index (κ1) is 24.2. The highest BCUT2D eigenvalue weighted by molar-refractivity contribution is 5.76. The van der Waals surface area contributed by atoms with Crippen LogP contribution in [0, 0.1) is 5.92 Å². The Hall–Kier alpha value is -2.49. The molecule has 1 aliphatic heterocycles. The lowest BCUT2D eigenvalue weighted by atomic mass is 10.0. The molecule has 0 aliphatic carbocycles. The van der Waals surface area contributed by atoms with Crippen molar-refractivity contribution in [2.75, 3.05) is 26.7 Å². The van der Waals surface area contributed by atoms with Gasteiger partial charge in [-0.05, 0) is 38.1 Å². The number of hydrogen-bond donors (Lipinski definition) is 2. The van der Waals surface area contributed by atoms with Crippen LogP contribution in [0.2, 0.25) is 0 Å². The number of likely N-dealkylation sites (N-methyl/N-ethyl adjacent to an activating group) is 1. The molecular formula is C23H35N5O4. The van der Waals surface area contributed by atoms with Crippen LogP contribution in [-0.2, 0) is 29.2 Å². The van der Waals surface area contributed by atoms with E-state index in [4.69, 9.17) is 4.74 Å². The third-order valence-electron chi connectivity index (χ3n) is 5.99. The van der Waals surface area contributed by atoms with Crippen LogP contribution in [0.5, 0.6) is 5.75 Å². The highest BCUT2D eigenvalue weighted by Crippen LogP contribution is 2.19. The van der Waals surface area contributed by atoms with Crippen LogP contribution in [0.1, 0.15) is 37.9 Å². The van der Waals surface area contributed by atoms with Gasteiger partial charge < -0.3 is 19.8 Å². The molecule has 3 rings (SSSR count). The number of aromatic hydroxyl groups is 1. The summed E-state index contributed by atoms with van der Waals surface area (Å²) in [7, 11) is 2.02. The van der Waals surface area contributed by atoms with Crippen molar-refractivity contribution in [2.45, 2.75) is 58.5 Å². The minimum Gasteiger partial charge on any atom is -0.508 e. The summed E-state index contributed by atoms with van der Waals surface area (Å²) in [5, 5.41) is 27.6. The molecule has 0 unspecified atom stereocenters. The van der Waals surface area contributed by atoms with Crippen molar-refractivity contribution in [3.05, 3.63) is 41.7 Å². The third-order valence-corrected chi connectivity index (χ3v) is 5.99. The molecule has 0 spiro atoms. The van der Waals surface area contributed by atoms with Crippen LogP contribution in [-0.4, -0.2) is 79.8 Å². The SMILES string of the molecule is C[C@@H]1CN([C@H](C)CO)C(=O)CCCn2nncc2CO[C@H]1CN(C)Cc1cccc(O)c1. The van der Waals surface area contributed by atoms with Crippen molar-refractivity contribution in [1.82, 2.24) is 24.8 Å². The largest absolute Gasteiger partial charge is 0.508 e. The number of phenolic OH excluding ortho intramolecular Hbond substituents is 1. The number of hydrogen-bond acceptors (Lipinski definition) is 7. The lowest BCUT2D eigenvalue weighted by Crippen LogP contribution is -2.47. The zero-order valence-corrected chi connectivity index (χ0v) is 19.2. The van der Waals surface area contributed by atoms with Crippen LogP contribution >= 0.6 is 0 Å². The van der Waals surface area contributed by atoms with Gasteiger partial charge in [-0.25, -0.2) is 4.68 Å². The molecule has 9 nitrogen and oxygen atoms in total. The average Bonchev–Trinajstić information content (AvgIpc) is 3.20. The second-order valence-corrected chi connectivity index (χ2v) is 8.82. The van der Waals surface area contributed by atoms with E-state index in [9.17, 15) is 15.0 Å². The third kappa shape index (κ3) is 6.51. The minimum atomic E-state index is -0.250. The van der Waals surface area contributed by atoms with Crippen LogP contribution in [0.15, 0.2) is 30.5 Å². The van der Waals surface area contributed by atoms with Gasteiger partial charge in [0.1, 0.15) is 5.75 Å². The first-order chi connectivity index (χ1) is 15.4. The number of benzene rings is 1. The van der Waals surface area contributed by atoms with E-state index >= 15 is 0 Å². The van der Waals surface area contributed by atoms with Crippen molar-refractivity contribution in [3.63, 3.8) is 0 Å². The number of amides is 1. The van der Waals surface area contributed by atoms with Gasteiger partial charge in [0.15, 0.2) is 0 Å². The van der Waals surface area contributed by atoms with Gasteiger partial charge in [-0.1, -0.05) is 24.3 Å². The van der Waals surface area contributed by atoms with Gasteiger partial charge >= 0.3 is 0 Å². The smallest absolute Gasteiger partial charge is 0.222 e. The number of aliphatic hydroxyl groups excluding tert-OH is 1. The number of aryl methyl sites for hydroxylation is 1. The lowest BCUT2D eigenvalue weighted by molar-refractivity contribution is -0.136. The Morgan fingerprint density at radius 1 is 1.38 bits per heavy atom. The van der Waals surface area contributed by atoms with Gasteiger partial charge in [0.2, 0.25) is 5.91 Å². The number of phenols is 1. The molecule has 2 N–H and O–H groups in total. The first-order valence-corrected chi connectivity index (χ1v) is 11.2. The fourth-order valence-corrected chi connectivity index (χ4v) is 4.08. The maximum Gasteiger partial charge on any atom is 0.222 e. The lowest BCUT2D eigenvalue weighted by Gasteiger charge is -2.35. The number of ether oxygens (including phenoxy) is 1. The highest BCUT2D eigenvalue weighted by atomic mass is 16.5. The van der Waals surface area contributed by atoms with E-state index in [2.05, 4.69) is 22.1 Å². The fraction of sp³-hybridized carbons (Fsp3) is 0.609. The van der Waals surface area contributed by atoms with Crippen LogP contribution in [0.25, 0.3) is 0 Å². The molecule has 0 fully saturated rings. The number of nitrogens with zero attached hydrogens (tertiary/aromatic N) is 5. The van der Waals surface area contributed by atoms with E-state index in [1.807, 2.05) is 26.1 Å².